The van der Waals surface area contributed by atoms with Crippen molar-refractivity contribution in [2.45, 2.75) is 64.7 Å². The number of amidine groups is 1. The second kappa shape index (κ2) is 11.8. The van der Waals surface area contributed by atoms with Gasteiger partial charge >= 0.3 is 5.97 Å². The molecular formula is C15H28N2O2. The molecule has 0 aromatic rings. The number of allylic oxidation sites excluding steroid dienone is 1. The zero-order valence-electron chi connectivity index (χ0n) is 12.4. The van der Waals surface area contributed by atoms with Crippen LogP contribution in [0.2, 0.25) is 0 Å². The maximum Gasteiger partial charge on any atom is 0.305 e. The Labute approximate surface area is 117 Å². The number of aliphatic imine (C=N–C) groups is 1. The lowest BCUT2D eigenvalue weighted by Crippen LogP contribution is -2.09. The molecule has 0 fully saturated rings. The molecule has 0 spiro atoms. The third-order valence-electron chi connectivity index (χ3n) is 2.99. The average molecular weight is 268 g/mol. The van der Waals surface area contributed by atoms with E-state index in [0.29, 0.717) is 12.3 Å². The molecule has 0 bridgehead atoms. The number of methoxy groups -OCH3 is 1. The summed E-state index contributed by atoms with van der Waals surface area (Å²) in [5.41, 5.74) is 6.53. The summed E-state index contributed by atoms with van der Waals surface area (Å²) in [6.07, 6.45) is 8.91. The lowest BCUT2D eigenvalue weighted by Gasteiger charge is -2.03. The van der Waals surface area contributed by atoms with Gasteiger partial charge in [-0.15, -0.1) is 0 Å². The number of rotatable bonds is 11. The quantitative estimate of drug-likeness (QED) is 0.270. The van der Waals surface area contributed by atoms with Gasteiger partial charge in [-0.1, -0.05) is 39.2 Å². The van der Waals surface area contributed by atoms with Crippen molar-refractivity contribution in [2.75, 3.05) is 7.11 Å². The Balaban J connectivity index is 3.36. The van der Waals surface area contributed by atoms with Crippen molar-refractivity contribution >= 4 is 11.8 Å². The van der Waals surface area contributed by atoms with Gasteiger partial charge in [0.1, 0.15) is 0 Å². The van der Waals surface area contributed by atoms with Crippen LogP contribution in [0.25, 0.3) is 0 Å². The van der Waals surface area contributed by atoms with Crippen molar-refractivity contribution in [3.8, 4) is 0 Å². The SMILES string of the molecule is C=C(CCCCCCCCC(=O)OC)N=C(N)CC. The van der Waals surface area contributed by atoms with Crippen LogP contribution < -0.4 is 5.73 Å². The number of carbonyl (C=O) groups excluding carboxylic acids is 1. The minimum absolute atomic E-state index is 0.109. The lowest BCUT2D eigenvalue weighted by atomic mass is 10.1. The molecule has 2 N–H and O–H groups in total. The first-order valence-corrected chi connectivity index (χ1v) is 7.17. The number of esters is 1. The molecule has 0 aliphatic rings. The number of unbranched alkanes of at least 4 members (excludes halogenated alkanes) is 5. The van der Waals surface area contributed by atoms with E-state index in [-0.39, 0.29) is 5.97 Å². The fourth-order valence-corrected chi connectivity index (χ4v) is 1.75. The van der Waals surface area contributed by atoms with E-state index in [9.17, 15) is 4.79 Å². The zero-order valence-corrected chi connectivity index (χ0v) is 12.4. The van der Waals surface area contributed by atoms with Gasteiger partial charge in [-0.05, 0) is 19.3 Å². The molecular weight excluding hydrogens is 240 g/mol. The van der Waals surface area contributed by atoms with E-state index >= 15 is 0 Å². The highest BCUT2D eigenvalue weighted by Crippen LogP contribution is 2.12. The van der Waals surface area contributed by atoms with E-state index in [2.05, 4.69) is 16.3 Å². The van der Waals surface area contributed by atoms with Crippen LogP contribution in [0.4, 0.5) is 0 Å². The second-order valence-electron chi connectivity index (χ2n) is 4.72. The zero-order chi connectivity index (χ0) is 14.5. The second-order valence-corrected chi connectivity index (χ2v) is 4.72. The fourth-order valence-electron chi connectivity index (χ4n) is 1.75. The molecule has 0 radical (unpaired) electrons. The molecule has 19 heavy (non-hydrogen) atoms. The smallest absolute Gasteiger partial charge is 0.305 e. The van der Waals surface area contributed by atoms with Crippen molar-refractivity contribution in [2.24, 2.45) is 10.7 Å². The number of hydrogen-bond donors (Lipinski definition) is 1. The molecule has 4 heteroatoms. The van der Waals surface area contributed by atoms with Crippen LogP contribution in [-0.4, -0.2) is 18.9 Å². The molecule has 0 atom stereocenters. The maximum atomic E-state index is 10.9. The number of carbonyl (C=O) groups is 1. The van der Waals surface area contributed by atoms with Crippen molar-refractivity contribution in [3.05, 3.63) is 12.3 Å². The molecule has 0 unspecified atom stereocenters. The molecule has 0 aromatic carbocycles. The molecule has 0 aromatic heterocycles. The number of ether oxygens (including phenoxy) is 1. The molecule has 0 saturated carbocycles. The summed E-state index contributed by atoms with van der Waals surface area (Å²) >= 11 is 0. The Morgan fingerprint density at radius 2 is 1.63 bits per heavy atom. The van der Waals surface area contributed by atoms with Gasteiger partial charge in [0.2, 0.25) is 0 Å². The minimum atomic E-state index is -0.109. The van der Waals surface area contributed by atoms with Crippen molar-refractivity contribution in [1.29, 1.82) is 0 Å². The van der Waals surface area contributed by atoms with Gasteiger partial charge in [0.25, 0.3) is 0 Å². The van der Waals surface area contributed by atoms with Gasteiger partial charge < -0.3 is 10.5 Å². The van der Waals surface area contributed by atoms with Crippen LogP contribution in [0.3, 0.4) is 0 Å². The van der Waals surface area contributed by atoms with Crippen molar-refractivity contribution in [1.82, 2.24) is 0 Å². The predicted octanol–water partition coefficient (Wildman–Crippen LogP) is 3.56. The van der Waals surface area contributed by atoms with Gasteiger partial charge in [-0.3, -0.25) is 4.79 Å². The van der Waals surface area contributed by atoms with Crippen LogP contribution in [0.5, 0.6) is 0 Å². The summed E-state index contributed by atoms with van der Waals surface area (Å²) < 4.78 is 4.59. The van der Waals surface area contributed by atoms with Crippen LogP contribution in [0.1, 0.15) is 64.7 Å². The summed E-state index contributed by atoms with van der Waals surface area (Å²) in [7, 11) is 1.43. The molecule has 0 amide bonds. The highest BCUT2D eigenvalue weighted by molar-refractivity contribution is 5.80. The van der Waals surface area contributed by atoms with Gasteiger partial charge in [0.05, 0.1) is 12.9 Å². The highest BCUT2D eigenvalue weighted by Gasteiger charge is 1.99. The fraction of sp³-hybridized carbons (Fsp3) is 0.733. The summed E-state index contributed by atoms with van der Waals surface area (Å²) in [5, 5.41) is 0. The highest BCUT2D eigenvalue weighted by atomic mass is 16.5. The van der Waals surface area contributed by atoms with Gasteiger partial charge in [0, 0.05) is 18.5 Å². The van der Waals surface area contributed by atoms with Crippen LogP contribution >= 0.6 is 0 Å². The van der Waals surface area contributed by atoms with Gasteiger partial charge in [-0.2, -0.15) is 0 Å². The van der Waals surface area contributed by atoms with Crippen LogP contribution in [0.15, 0.2) is 17.3 Å². The molecule has 0 heterocycles. The molecule has 0 rings (SSSR count). The van der Waals surface area contributed by atoms with E-state index < -0.39 is 0 Å². The first kappa shape index (κ1) is 17.7. The molecule has 0 aliphatic carbocycles. The average Bonchev–Trinajstić information content (AvgIpc) is 2.41. The Morgan fingerprint density at radius 3 is 2.16 bits per heavy atom. The molecule has 4 nitrogen and oxygen atoms in total. The monoisotopic (exact) mass is 268 g/mol. The maximum absolute atomic E-state index is 10.9. The lowest BCUT2D eigenvalue weighted by molar-refractivity contribution is -0.140. The predicted molar refractivity (Wildman–Crippen MR) is 80.0 cm³/mol. The molecule has 110 valence electrons. The third-order valence-corrected chi connectivity index (χ3v) is 2.99. The van der Waals surface area contributed by atoms with E-state index in [1.165, 1.54) is 26.4 Å². The first-order valence-electron chi connectivity index (χ1n) is 7.17. The summed E-state index contributed by atoms with van der Waals surface area (Å²) in [5.74, 6) is 0.551. The topological polar surface area (TPSA) is 64.7 Å². The number of nitrogens with zero attached hydrogens (tertiary/aromatic N) is 1. The third kappa shape index (κ3) is 11.5. The Hall–Kier alpha value is -1.32. The molecule has 0 aliphatic heterocycles. The largest absolute Gasteiger partial charge is 0.469 e. The standard InChI is InChI=1S/C15H28N2O2/c1-4-14(16)17-13(2)11-9-7-5-6-8-10-12-15(18)19-3/h2,4-12H2,1,3H3,(H2,16,17). The number of nitrogens with two attached hydrogens (primary N) is 1. The van der Waals surface area contributed by atoms with Crippen molar-refractivity contribution < 1.29 is 9.53 Å². The Morgan fingerprint density at radius 1 is 1.11 bits per heavy atom. The Kier molecular flexibility index (Phi) is 10.9. The summed E-state index contributed by atoms with van der Waals surface area (Å²) in [6.45, 7) is 5.89. The summed E-state index contributed by atoms with van der Waals surface area (Å²) in [4.78, 5) is 15.1. The van der Waals surface area contributed by atoms with E-state index in [0.717, 1.165) is 37.8 Å². The van der Waals surface area contributed by atoms with Crippen molar-refractivity contribution in [3.63, 3.8) is 0 Å². The minimum Gasteiger partial charge on any atom is -0.469 e. The first-order chi connectivity index (χ1) is 9.10. The van der Waals surface area contributed by atoms with E-state index in [1.54, 1.807) is 0 Å². The number of hydrogen-bond acceptors (Lipinski definition) is 3. The van der Waals surface area contributed by atoms with Gasteiger partial charge in [0.15, 0.2) is 0 Å². The van der Waals surface area contributed by atoms with E-state index in [4.69, 9.17) is 5.73 Å². The Bertz CT molecular complexity index is 299. The van der Waals surface area contributed by atoms with Gasteiger partial charge in [-0.25, -0.2) is 4.99 Å². The van der Waals surface area contributed by atoms with Crippen LogP contribution in [-0.2, 0) is 9.53 Å². The summed E-state index contributed by atoms with van der Waals surface area (Å²) in [6, 6.07) is 0. The van der Waals surface area contributed by atoms with E-state index in [1.807, 2.05) is 6.92 Å². The molecule has 0 saturated heterocycles. The van der Waals surface area contributed by atoms with Crippen LogP contribution in [0, 0.1) is 0 Å². The normalized spacial score (nSPS) is 11.4.